The van der Waals surface area contributed by atoms with Crippen molar-refractivity contribution in [2.75, 3.05) is 13.1 Å². The number of esters is 1. The van der Waals surface area contributed by atoms with Gasteiger partial charge in [-0.05, 0) is 20.8 Å². The Morgan fingerprint density at radius 2 is 2.08 bits per heavy atom. The zero-order chi connectivity index (χ0) is 9.56. The van der Waals surface area contributed by atoms with Gasteiger partial charge in [0.1, 0.15) is 0 Å². The topological polar surface area (TPSA) is 38.3 Å². The van der Waals surface area contributed by atoms with E-state index in [-0.39, 0.29) is 18.6 Å². The monoisotopic (exact) mass is 171 g/mol. The van der Waals surface area contributed by atoms with Crippen LogP contribution in [0.5, 0.6) is 0 Å². The Hall–Kier alpha value is -0.830. The van der Waals surface area contributed by atoms with Crippen molar-refractivity contribution in [2.45, 2.75) is 26.9 Å². The predicted molar refractivity (Wildman–Crippen MR) is 48.9 cm³/mol. The van der Waals surface area contributed by atoms with E-state index in [9.17, 15) is 4.79 Å². The summed E-state index contributed by atoms with van der Waals surface area (Å²) in [6, 6.07) is 0. The summed E-state index contributed by atoms with van der Waals surface area (Å²) in [4.78, 5) is 10.9. The Balaban J connectivity index is 3.38. The number of hydrogen-bond donors (Lipinski definition) is 1. The highest BCUT2D eigenvalue weighted by Crippen LogP contribution is 1.88. The van der Waals surface area contributed by atoms with E-state index in [1.54, 1.807) is 0 Å². The summed E-state index contributed by atoms with van der Waals surface area (Å²) >= 11 is 0. The van der Waals surface area contributed by atoms with E-state index in [2.05, 4.69) is 11.9 Å². The molecule has 0 rings (SSSR count). The van der Waals surface area contributed by atoms with Crippen LogP contribution in [-0.2, 0) is 9.53 Å². The maximum absolute atomic E-state index is 10.9. The number of carbonyl (C=O) groups is 1. The minimum atomic E-state index is -0.216. The van der Waals surface area contributed by atoms with Gasteiger partial charge in [-0.25, -0.2) is 0 Å². The van der Waals surface area contributed by atoms with Gasteiger partial charge in [0, 0.05) is 6.54 Å². The molecule has 12 heavy (non-hydrogen) atoms. The average molecular weight is 171 g/mol. The zero-order valence-electron chi connectivity index (χ0n) is 8.02. The highest BCUT2D eigenvalue weighted by atomic mass is 16.5. The fraction of sp³-hybridized carbons (Fsp3) is 0.667. The lowest BCUT2D eigenvalue weighted by atomic mass is 10.3. The van der Waals surface area contributed by atoms with Gasteiger partial charge < -0.3 is 10.1 Å². The third kappa shape index (κ3) is 7.28. The molecule has 3 nitrogen and oxygen atoms in total. The largest absolute Gasteiger partial charge is 0.462 e. The first-order valence-corrected chi connectivity index (χ1v) is 4.07. The Kier molecular flexibility index (Phi) is 5.37. The van der Waals surface area contributed by atoms with Crippen LogP contribution in [0.1, 0.15) is 20.8 Å². The molecular formula is C9H17NO2. The number of carbonyl (C=O) groups excluding carboxylic acids is 1. The molecule has 1 N–H and O–H groups in total. The molecule has 0 fully saturated rings. The normalized spacial score (nSPS) is 10.0. The molecule has 0 aromatic rings. The maximum Gasteiger partial charge on any atom is 0.320 e. The lowest BCUT2D eigenvalue weighted by Gasteiger charge is -2.08. The van der Waals surface area contributed by atoms with Gasteiger partial charge in [-0.3, -0.25) is 4.79 Å². The maximum atomic E-state index is 10.9. The van der Waals surface area contributed by atoms with Gasteiger partial charge in [-0.15, -0.1) is 0 Å². The first-order valence-electron chi connectivity index (χ1n) is 4.07. The molecule has 0 aliphatic carbocycles. The van der Waals surface area contributed by atoms with E-state index >= 15 is 0 Å². The molecule has 0 saturated heterocycles. The zero-order valence-corrected chi connectivity index (χ0v) is 8.02. The number of hydrogen-bond acceptors (Lipinski definition) is 3. The van der Waals surface area contributed by atoms with Gasteiger partial charge in [0.2, 0.25) is 0 Å². The van der Waals surface area contributed by atoms with E-state index in [4.69, 9.17) is 4.74 Å². The third-order valence-corrected chi connectivity index (χ3v) is 1.06. The minimum Gasteiger partial charge on any atom is -0.462 e. The smallest absolute Gasteiger partial charge is 0.320 e. The van der Waals surface area contributed by atoms with Crippen LogP contribution in [0, 0.1) is 0 Å². The van der Waals surface area contributed by atoms with Crippen molar-refractivity contribution < 1.29 is 9.53 Å². The van der Waals surface area contributed by atoms with Crippen LogP contribution < -0.4 is 5.32 Å². The lowest BCUT2D eigenvalue weighted by Crippen LogP contribution is -2.27. The summed E-state index contributed by atoms with van der Waals surface area (Å²) in [6.45, 7) is 10.2. The van der Waals surface area contributed by atoms with Crippen molar-refractivity contribution in [3.8, 4) is 0 Å². The van der Waals surface area contributed by atoms with Crippen molar-refractivity contribution >= 4 is 5.97 Å². The summed E-state index contributed by atoms with van der Waals surface area (Å²) in [6.07, 6.45) is -0.0378. The SMILES string of the molecule is C=C(C)CNCC(=O)OC(C)C. The Morgan fingerprint density at radius 1 is 1.50 bits per heavy atom. The van der Waals surface area contributed by atoms with Crippen LogP contribution in [0.2, 0.25) is 0 Å². The Bertz CT molecular complexity index is 164. The minimum absolute atomic E-state index is 0.0378. The summed E-state index contributed by atoms with van der Waals surface area (Å²) in [5.41, 5.74) is 1.01. The van der Waals surface area contributed by atoms with Gasteiger partial charge in [0.05, 0.1) is 12.6 Å². The molecule has 0 atom stereocenters. The predicted octanol–water partition coefficient (Wildman–Crippen LogP) is 1.10. The molecule has 0 bridgehead atoms. The first-order chi connectivity index (χ1) is 5.52. The van der Waals surface area contributed by atoms with Gasteiger partial charge in [0.25, 0.3) is 0 Å². The van der Waals surface area contributed by atoms with Crippen molar-refractivity contribution in [3.05, 3.63) is 12.2 Å². The second kappa shape index (κ2) is 5.77. The van der Waals surface area contributed by atoms with Crippen molar-refractivity contribution in [1.29, 1.82) is 0 Å². The van der Waals surface area contributed by atoms with E-state index in [1.165, 1.54) is 0 Å². The standard InChI is InChI=1S/C9H17NO2/c1-7(2)5-10-6-9(11)12-8(3)4/h8,10H,1,5-6H2,2-4H3. The molecule has 0 aromatic heterocycles. The van der Waals surface area contributed by atoms with Crippen LogP contribution in [0.15, 0.2) is 12.2 Å². The lowest BCUT2D eigenvalue weighted by molar-refractivity contribution is -0.146. The molecule has 3 heteroatoms. The van der Waals surface area contributed by atoms with Crippen LogP contribution in [-0.4, -0.2) is 25.2 Å². The van der Waals surface area contributed by atoms with Crippen LogP contribution in [0.3, 0.4) is 0 Å². The Labute approximate surface area is 73.8 Å². The van der Waals surface area contributed by atoms with Crippen LogP contribution in [0.4, 0.5) is 0 Å². The third-order valence-electron chi connectivity index (χ3n) is 1.06. The molecule has 70 valence electrons. The molecule has 0 aromatic carbocycles. The molecule has 0 heterocycles. The summed E-state index contributed by atoms with van der Waals surface area (Å²) < 4.78 is 4.90. The van der Waals surface area contributed by atoms with Gasteiger partial charge >= 0.3 is 5.97 Å². The molecular weight excluding hydrogens is 154 g/mol. The molecule has 0 saturated carbocycles. The van der Waals surface area contributed by atoms with Gasteiger partial charge in [0.15, 0.2) is 0 Å². The fourth-order valence-corrected chi connectivity index (χ4v) is 0.683. The highest BCUT2D eigenvalue weighted by molar-refractivity contribution is 5.71. The van der Waals surface area contributed by atoms with Gasteiger partial charge in [-0.2, -0.15) is 0 Å². The van der Waals surface area contributed by atoms with Crippen LogP contribution >= 0.6 is 0 Å². The quantitative estimate of drug-likeness (QED) is 0.497. The first kappa shape index (κ1) is 11.2. The summed E-state index contributed by atoms with van der Waals surface area (Å²) in [5, 5.41) is 2.92. The molecule has 0 spiro atoms. The second-order valence-corrected chi connectivity index (χ2v) is 3.10. The van der Waals surface area contributed by atoms with Crippen molar-refractivity contribution in [2.24, 2.45) is 0 Å². The van der Waals surface area contributed by atoms with Gasteiger partial charge in [-0.1, -0.05) is 12.2 Å². The molecule has 0 aliphatic rings. The second-order valence-electron chi connectivity index (χ2n) is 3.10. The van der Waals surface area contributed by atoms with E-state index in [1.807, 2.05) is 20.8 Å². The molecule has 0 amide bonds. The number of ether oxygens (including phenoxy) is 1. The average Bonchev–Trinajstić information content (AvgIpc) is 1.84. The van der Waals surface area contributed by atoms with Crippen LogP contribution in [0.25, 0.3) is 0 Å². The van der Waals surface area contributed by atoms with E-state index in [0.29, 0.717) is 6.54 Å². The van der Waals surface area contributed by atoms with E-state index in [0.717, 1.165) is 5.57 Å². The highest BCUT2D eigenvalue weighted by Gasteiger charge is 2.03. The number of nitrogens with one attached hydrogen (secondary N) is 1. The Morgan fingerprint density at radius 3 is 2.50 bits per heavy atom. The summed E-state index contributed by atoms with van der Waals surface area (Å²) in [5.74, 6) is -0.216. The van der Waals surface area contributed by atoms with Crippen molar-refractivity contribution in [1.82, 2.24) is 5.32 Å². The molecule has 0 aliphatic heterocycles. The molecule has 0 radical (unpaired) electrons. The van der Waals surface area contributed by atoms with Crippen molar-refractivity contribution in [3.63, 3.8) is 0 Å². The summed E-state index contributed by atoms with van der Waals surface area (Å²) in [7, 11) is 0. The van der Waals surface area contributed by atoms with E-state index < -0.39 is 0 Å². The number of rotatable bonds is 5. The fourth-order valence-electron chi connectivity index (χ4n) is 0.683. The molecule has 0 unspecified atom stereocenters.